The number of aromatic amines is 1. The van der Waals surface area contributed by atoms with Gasteiger partial charge < -0.3 is 9.15 Å². The van der Waals surface area contributed by atoms with Crippen molar-refractivity contribution >= 4 is 23.4 Å². The lowest BCUT2D eigenvalue weighted by atomic mass is 10.0. The zero-order valence-electron chi connectivity index (χ0n) is 19.5. The van der Waals surface area contributed by atoms with E-state index in [-0.39, 0.29) is 24.3 Å². The molecule has 1 aliphatic heterocycles. The fourth-order valence-electron chi connectivity index (χ4n) is 3.83. The molecule has 9 heteroatoms. The van der Waals surface area contributed by atoms with Crippen LogP contribution in [0.3, 0.4) is 0 Å². The number of H-pyrrole nitrogens is 1. The summed E-state index contributed by atoms with van der Waals surface area (Å²) in [5.74, 6) is 2.12. The first-order valence-corrected chi connectivity index (χ1v) is 12.3. The maximum atomic E-state index is 13.2. The molecule has 4 aromatic rings. The molecule has 0 radical (unpaired) electrons. The summed E-state index contributed by atoms with van der Waals surface area (Å²) in [6, 6.07) is 19.4. The third-order valence-corrected chi connectivity index (χ3v) is 6.55. The van der Waals surface area contributed by atoms with Crippen molar-refractivity contribution in [2.45, 2.75) is 38.1 Å². The lowest BCUT2D eigenvalue weighted by molar-refractivity contribution is -0.130. The number of hydrogen-bond donors (Lipinski definition) is 1. The quantitative estimate of drug-likeness (QED) is 0.349. The Labute approximate surface area is 207 Å². The zero-order chi connectivity index (χ0) is 24.2. The summed E-state index contributed by atoms with van der Waals surface area (Å²) in [4.78, 5) is 17.6. The predicted octanol–water partition coefficient (Wildman–Crippen LogP) is 5.06. The molecule has 0 bridgehead atoms. The standard InChI is InChI=1S/C26H25N5O3S/c1-17-9-11-19(12-10-17)20-14-21(23-8-5-13-33-23)31(30-20)25(32)16-35-26-27-24(28-29-26)15-34-22-7-4-3-6-18(22)2/h3-13,21H,14-16H2,1-2H3,(H,27,28,29). The first-order valence-electron chi connectivity index (χ1n) is 11.3. The number of benzene rings is 2. The van der Waals surface area contributed by atoms with Crippen molar-refractivity contribution < 1.29 is 13.9 Å². The van der Waals surface area contributed by atoms with Crippen molar-refractivity contribution in [3.63, 3.8) is 0 Å². The van der Waals surface area contributed by atoms with E-state index >= 15 is 0 Å². The molecule has 0 spiro atoms. The summed E-state index contributed by atoms with van der Waals surface area (Å²) in [6.07, 6.45) is 2.21. The molecular formula is C26H25N5O3S. The number of rotatable bonds is 8. The highest BCUT2D eigenvalue weighted by molar-refractivity contribution is 7.99. The number of para-hydroxylation sites is 1. The molecule has 1 atom stereocenters. The fraction of sp³-hybridized carbons (Fsp3) is 0.231. The number of nitrogens with zero attached hydrogens (tertiary/aromatic N) is 4. The summed E-state index contributed by atoms with van der Waals surface area (Å²) in [7, 11) is 0. The number of nitrogens with one attached hydrogen (secondary N) is 1. The molecular weight excluding hydrogens is 462 g/mol. The van der Waals surface area contributed by atoms with Crippen LogP contribution in [0.1, 0.15) is 40.7 Å². The van der Waals surface area contributed by atoms with Gasteiger partial charge in [-0.25, -0.2) is 9.99 Å². The Morgan fingerprint density at radius 3 is 2.74 bits per heavy atom. The second-order valence-corrected chi connectivity index (χ2v) is 9.24. The topological polar surface area (TPSA) is 96.6 Å². The van der Waals surface area contributed by atoms with Gasteiger partial charge in [0.15, 0.2) is 5.82 Å². The third-order valence-electron chi connectivity index (χ3n) is 5.72. The smallest absolute Gasteiger partial charge is 0.253 e. The van der Waals surface area contributed by atoms with E-state index in [9.17, 15) is 4.79 Å². The normalized spacial score (nSPS) is 15.3. The molecule has 3 heterocycles. The van der Waals surface area contributed by atoms with Gasteiger partial charge in [0.25, 0.3) is 5.91 Å². The number of carbonyl (C=O) groups excluding carboxylic acids is 1. The lowest BCUT2D eigenvalue weighted by Gasteiger charge is -2.19. The Morgan fingerprint density at radius 2 is 1.97 bits per heavy atom. The number of amides is 1. The van der Waals surface area contributed by atoms with Crippen LogP contribution in [-0.2, 0) is 11.4 Å². The van der Waals surface area contributed by atoms with Crippen LogP contribution in [0.5, 0.6) is 5.75 Å². The van der Waals surface area contributed by atoms with Crippen molar-refractivity contribution in [1.82, 2.24) is 20.2 Å². The van der Waals surface area contributed by atoms with Crippen molar-refractivity contribution in [3.05, 3.63) is 95.2 Å². The molecule has 1 N–H and O–H groups in total. The van der Waals surface area contributed by atoms with E-state index in [0.29, 0.717) is 23.2 Å². The van der Waals surface area contributed by atoms with Gasteiger partial charge in [-0.1, -0.05) is 59.8 Å². The highest BCUT2D eigenvalue weighted by Gasteiger charge is 2.34. The SMILES string of the molecule is Cc1ccc(C2=NN(C(=O)CSc3n[nH]c(COc4ccccc4C)n3)C(c3ccco3)C2)cc1. The van der Waals surface area contributed by atoms with Crippen LogP contribution in [-0.4, -0.2) is 37.6 Å². The molecule has 178 valence electrons. The minimum atomic E-state index is -0.278. The summed E-state index contributed by atoms with van der Waals surface area (Å²) < 4.78 is 11.4. The van der Waals surface area contributed by atoms with Crippen molar-refractivity contribution in [2.75, 3.05) is 5.75 Å². The van der Waals surface area contributed by atoms with Crippen LogP contribution in [0, 0.1) is 13.8 Å². The maximum Gasteiger partial charge on any atom is 0.253 e. The van der Waals surface area contributed by atoms with Gasteiger partial charge in [-0.15, -0.1) is 5.10 Å². The Hall–Kier alpha value is -3.85. The van der Waals surface area contributed by atoms with Crippen molar-refractivity contribution in [2.24, 2.45) is 5.10 Å². The van der Waals surface area contributed by atoms with E-state index in [0.717, 1.165) is 22.6 Å². The van der Waals surface area contributed by atoms with E-state index in [1.54, 1.807) is 6.26 Å². The fourth-order valence-corrected chi connectivity index (χ4v) is 4.50. The van der Waals surface area contributed by atoms with Crippen molar-refractivity contribution in [1.29, 1.82) is 0 Å². The average molecular weight is 488 g/mol. The molecule has 1 aliphatic rings. The second-order valence-electron chi connectivity index (χ2n) is 8.29. The third kappa shape index (κ3) is 5.30. The second kappa shape index (κ2) is 10.2. The first-order chi connectivity index (χ1) is 17.1. The Morgan fingerprint density at radius 1 is 1.14 bits per heavy atom. The maximum absolute atomic E-state index is 13.2. The van der Waals surface area contributed by atoms with E-state index in [1.807, 2.05) is 74.5 Å². The van der Waals surface area contributed by atoms with Crippen LogP contribution in [0.15, 0.2) is 81.6 Å². The summed E-state index contributed by atoms with van der Waals surface area (Å²) in [5.41, 5.74) is 4.09. The van der Waals surface area contributed by atoms with Crippen molar-refractivity contribution in [3.8, 4) is 5.75 Å². The molecule has 5 rings (SSSR count). The van der Waals surface area contributed by atoms with Gasteiger partial charge in [-0.2, -0.15) is 5.10 Å². The van der Waals surface area contributed by atoms with Crippen LogP contribution >= 0.6 is 11.8 Å². The minimum absolute atomic E-state index is 0.138. The predicted molar refractivity (Wildman–Crippen MR) is 133 cm³/mol. The van der Waals surface area contributed by atoms with Gasteiger partial charge >= 0.3 is 0 Å². The van der Waals surface area contributed by atoms with Gasteiger partial charge in [-0.3, -0.25) is 9.89 Å². The molecule has 2 aromatic carbocycles. The number of furan rings is 1. The van der Waals surface area contributed by atoms with Gasteiger partial charge in [0.05, 0.1) is 17.7 Å². The van der Waals surface area contributed by atoms with Crippen LogP contribution in [0.25, 0.3) is 0 Å². The largest absolute Gasteiger partial charge is 0.485 e. The number of hydrazone groups is 1. The Kier molecular flexibility index (Phi) is 6.67. The number of carbonyl (C=O) groups is 1. The summed E-state index contributed by atoms with van der Waals surface area (Å²) >= 11 is 1.26. The number of hydrogen-bond acceptors (Lipinski definition) is 7. The summed E-state index contributed by atoms with van der Waals surface area (Å²) in [6.45, 7) is 4.30. The Balaban J connectivity index is 1.24. The molecule has 35 heavy (non-hydrogen) atoms. The average Bonchev–Trinajstić information content (AvgIpc) is 3.63. The van der Waals surface area contributed by atoms with E-state index in [2.05, 4.69) is 20.3 Å². The van der Waals surface area contributed by atoms with Gasteiger partial charge in [0, 0.05) is 6.42 Å². The lowest BCUT2D eigenvalue weighted by Crippen LogP contribution is -2.28. The van der Waals surface area contributed by atoms with E-state index in [1.165, 1.54) is 22.3 Å². The molecule has 0 saturated heterocycles. The minimum Gasteiger partial charge on any atom is -0.485 e. The molecule has 0 fully saturated rings. The first kappa shape index (κ1) is 22.9. The molecule has 1 amide bonds. The highest BCUT2D eigenvalue weighted by Crippen LogP contribution is 2.34. The van der Waals surface area contributed by atoms with Gasteiger partial charge in [0.2, 0.25) is 5.16 Å². The molecule has 8 nitrogen and oxygen atoms in total. The molecule has 2 aromatic heterocycles. The molecule has 0 saturated carbocycles. The Bertz CT molecular complexity index is 1330. The van der Waals surface area contributed by atoms with E-state index in [4.69, 9.17) is 9.15 Å². The van der Waals surface area contributed by atoms with E-state index < -0.39 is 0 Å². The number of thioether (sulfide) groups is 1. The van der Waals surface area contributed by atoms with Gasteiger partial charge in [0.1, 0.15) is 24.2 Å². The molecule has 0 aliphatic carbocycles. The van der Waals surface area contributed by atoms with Crippen LogP contribution < -0.4 is 4.74 Å². The number of aryl methyl sites for hydroxylation is 2. The monoisotopic (exact) mass is 487 g/mol. The summed E-state index contributed by atoms with van der Waals surface area (Å²) in [5, 5.41) is 13.8. The number of aromatic nitrogens is 3. The van der Waals surface area contributed by atoms with Gasteiger partial charge in [-0.05, 0) is 43.2 Å². The zero-order valence-corrected chi connectivity index (χ0v) is 20.3. The molecule has 1 unspecified atom stereocenters. The van der Waals surface area contributed by atoms with Crippen LogP contribution in [0.2, 0.25) is 0 Å². The highest BCUT2D eigenvalue weighted by atomic mass is 32.2. The number of ether oxygens (including phenoxy) is 1. The van der Waals surface area contributed by atoms with Crippen LogP contribution in [0.4, 0.5) is 0 Å².